The molecule has 4 rings (SSSR count). The molecule has 5 heteroatoms. The standard InChI is InChI=1S/C19H19NO4/c1-22-16-4-2-3-14(9-16)19(21)20-8-7-15(11-20)13-5-6-17-18(10-13)24-12-23-17/h2-6,9-10,15H,7-8,11-12H2,1H3. The summed E-state index contributed by atoms with van der Waals surface area (Å²) in [6.45, 7) is 1.76. The molecular formula is C19H19NO4. The third kappa shape index (κ3) is 2.66. The largest absolute Gasteiger partial charge is 0.497 e. The van der Waals surface area contributed by atoms with E-state index in [0.29, 0.717) is 17.2 Å². The zero-order chi connectivity index (χ0) is 16.5. The summed E-state index contributed by atoms with van der Waals surface area (Å²) < 4.78 is 16.0. The first-order valence-electron chi connectivity index (χ1n) is 8.07. The molecule has 0 aromatic heterocycles. The smallest absolute Gasteiger partial charge is 0.254 e. The van der Waals surface area contributed by atoms with Gasteiger partial charge in [-0.15, -0.1) is 0 Å². The summed E-state index contributed by atoms with van der Waals surface area (Å²) in [7, 11) is 1.61. The van der Waals surface area contributed by atoms with Crippen molar-refractivity contribution in [3.8, 4) is 17.2 Å². The topological polar surface area (TPSA) is 48.0 Å². The molecule has 1 fully saturated rings. The predicted molar refractivity (Wildman–Crippen MR) is 88.8 cm³/mol. The highest BCUT2D eigenvalue weighted by Gasteiger charge is 2.29. The van der Waals surface area contributed by atoms with Crippen LogP contribution in [0, 0.1) is 0 Å². The highest BCUT2D eigenvalue weighted by Crippen LogP contribution is 2.37. The fraction of sp³-hybridized carbons (Fsp3) is 0.316. The number of fused-ring (bicyclic) bond motifs is 1. The molecule has 0 bridgehead atoms. The quantitative estimate of drug-likeness (QED) is 0.870. The normalized spacial score (nSPS) is 18.7. The van der Waals surface area contributed by atoms with Crippen molar-refractivity contribution in [2.75, 3.05) is 27.0 Å². The number of hydrogen-bond acceptors (Lipinski definition) is 4. The average molecular weight is 325 g/mol. The number of carbonyl (C=O) groups is 1. The Kier molecular flexibility index (Phi) is 3.76. The maximum absolute atomic E-state index is 12.7. The van der Waals surface area contributed by atoms with Crippen LogP contribution in [0.15, 0.2) is 42.5 Å². The predicted octanol–water partition coefficient (Wildman–Crippen LogP) is 3.05. The molecule has 0 spiro atoms. The Morgan fingerprint density at radius 1 is 1.17 bits per heavy atom. The summed E-state index contributed by atoms with van der Waals surface area (Å²) in [5.41, 5.74) is 1.86. The minimum atomic E-state index is 0.0529. The minimum absolute atomic E-state index is 0.0529. The highest BCUT2D eigenvalue weighted by molar-refractivity contribution is 5.94. The molecule has 5 nitrogen and oxygen atoms in total. The number of benzene rings is 2. The van der Waals surface area contributed by atoms with Gasteiger partial charge in [0.05, 0.1) is 7.11 Å². The summed E-state index contributed by atoms with van der Waals surface area (Å²) in [5, 5.41) is 0. The van der Waals surface area contributed by atoms with Crippen LogP contribution < -0.4 is 14.2 Å². The molecule has 2 heterocycles. The van der Waals surface area contributed by atoms with Crippen molar-refractivity contribution >= 4 is 5.91 Å². The third-order valence-electron chi connectivity index (χ3n) is 4.66. The molecule has 0 aliphatic carbocycles. The Morgan fingerprint density at radius 2 is 2.04 bits per heavy atom. The second kappa shape index (κ2) is 6.07. The number of methoxy groups -OCH3 is 1. The number of rotatable bonds is 3. The minimum Gasteiger partial charge on any atom is -0.497 e. The Bertz CT molecular complexity index is 774. The first-order valence-corrected chi connectivity index (χ1v) is 8.07. The van der Waals surface area contributed by atoms with Gasteiger partial charge in [0.25, 0.3) is 5.91 Å². The van der Waals surface area contributed by atoms with Crippen LogP contribution in [0.1, 0.15) is 28.3 Å². The fourth-order valence-corrected chi connectivity index (χ4v) is 3.32. The molecule has 0 N–H and O–H groups in total. The van der Waals surface area contributed by atoms with E-state index < -0.39 is 0 Å². The molecule has 0 saturated carbocycles. The lowest BCUT2D eigenvalue weighted by Crippen LogP contribution is -2.28. The molecule has 1 amide bonds. The van der Waals surface area contributed by atoms with E-state index in [0.717, 1.165) is 31.0 Å². The van der Waals surface area contributed by atoms with Gasteiger partial charge in [-0.2, -0.15) is 0 Å². The van der Waals surface area contributed by atoms with E-state index in [-0.39, 0.29) is 12.7 Å². The van der Waals surface area contributed by atoms with Crippen molar-refractivity contribution in [3.05, 3.63) is 53.6 Å². The Labute approximate surface area is 140 Å². The first-order chi connectivity index (χ1) is 11.7. The van der Waals surface area contributed by atoms with Crippen LogP contribution in [0.3, 0.4) is 0 Å². The monoisotopic (exact) mass is 325 g/mol. The molecule has 24 heavy (non-hydrogen) atoms. The zero-order valence-electron chi connectivity index (χ0n) is 13.5. The third-order valence-corrected chi connectivity index (χ3v) is 4.66. The average Bonchev–Trinajstić information content (AvgIpc) is 3.29. The van der Waals surface area contributed by atoms with E-state index in [4.69, 9.17) is 14.2 Å². The number of likely N-dealkylation sites (tertiary alicyclic amines) is 1. The molecule has 1 saturated heterocycles. The van der Waals surface area contributed by atoms with Gasteiger partial charge in [-0.25, -0.2) is 0 Å². The number of nitrogens with zero attached hydrogens (tertiary/aromatic N) is 1. The second-order valence-electron chi connectivity index (χ2n) is 6.08. The van der Waals surface area contributed by atoms with Crippen LogP contribution in [0.4, 0.5) is 0 Å². The van der Waals surface area contributed by atoms with Gasteiger partial charge in [0.1, 0.15) is 5.75 Å². The molecule has 2 aliphatic heterocycles. The number of amides is 1. The molecular weight excluding hydrogens is 306 g/mol. The van der Waals surface area contributed by atoms with E-state index in [1.54, 1.807) is 13.2 Å². The van der Waals surface area contributed by atoms with Crippen molar-refractivity contribution < 1.29 is 19.0 Å². The van der Waals surface area contributed by atoms with Gasteiger partial charge in [0.2, 0.25) is 6.79 Å². The molecule has 1 atom stereocenters. The van der Waals surface area contributed by atoms with Crippen LogP contribution in [-0.2, 0) is 0 Å². The van der Waals surface area contributed by atoms with Crippen molar-refractivity contribution in [2.45, 2.75) is 12.3 Å². The molecule has 2 aromatic carbocycles. The van der Waals surface area contributed by atoms with Gasteiger partial charge in [-0.3, -0.25) is 4.79 Å². The van der Waals surface area contributed by atoms with E-state index in [9.17, 15) is 4.79 Å². The Hall–Kier alpha value is -2.69. The first kappa shape index (κ1) is 14.9. The van der Waals surface area contributed by atoms with E-state index in [2.05, 4.69) is 6.07 Å². The summed E-state index contributed by atoms with van der Waals surface area (Å²) >= 11 is 0. The second-order valence-corrected chi connectivity index (χ2v) is 6.08. The van der Waals surface area contributed by atoms with Crippen molar-refractivity contribution in [1.82, 2.24) is 4.90 Å². The van der Waals surface area contributed by atoms with Gasteiger partial charge in [-0.05, 0) is 42.3 Å². The van der Waals surface area contributed by atoms with E-state index in [1.807, 2.05) is 35.2 Å². The van der Waals surface area contributed by atoms with Crippen LogP contribution >= 0.6 is 0 Å². The fourth-order valence-electron chi connectivity index (χ4n) is 3.32. The van der Waals surface area contributed by atoms with Gasteiger partial charge in [-0.1, -0.05) is 12.1 Å². The summed E-state index contributed by atoms with van der Waals surface area (Å²) in [5.74, 6) is 2.67. The van der Waals surface area contributed by atoms with Crippen molar-refractivity contribution in [3.63, 3.8) is 0 Å². The molecule has 124 valence electrons. The lowest BCUT2D eigenvalue weighted by Gasteiger charge is -2.17. The Balaban J connectivity index is 1.48. The van der Waals surface area contributed by atoms with Gasteiger partial charge >= 0.3 is 0 Å². The van der Waals surface area contributed by atoms with Crippen molar-refractivity contribution in [1.29, 1.82) is 0 Å². The van der Waals surface area contributed by atoms with Crippen LogP contribution in [-0.4, -0.2) is 37.8 Å². The summed E-state index contributed by atoms with van der Waals surface area (Å²) in [4.78, 5) is 14.6. The maximum atomic E-state index is 12.7. The lowest BCUT2D eigenvalue weighted by molar-refractivity contribution is 0.0790. The molecule has 0 radical (unpaired) electrons. The lowest BCUT2D eigenvalue weighted by atomic mass is 9.98. The van der Waals surface area contributed by atoms with E-state index >= 15 is 0 Å². The van der Waals surface area contributed by atoms with Crippen LogP contribution in [0.25, 0.3) is 0 Å². The van der Waals surface area contributed by atoms with Gasteiger partial charge < -0.3 is 19.1 Å². The van der Waals surface area contributed by atoms with Gasteiger partial charge in [0.15, 0.2) is 11.5 Å². The number of carbonyl (C=O) groups excluding carboxylic acids is 1. The van der Waals surface area contributed by atoms with Gasteiger partial charge in [0, 0.05) is 24.6 Å². The Morgan fingerprint density at radius 3 is 2.92 bits per heavy atom. The maximum Gasteiger partial charge on any atom is 0.254 e. The van der Waals surface area contributed by atoms with Crippen molar-refractivity contribution in [2.24, 2.45) is 0 Å². The molecule has 2 aliphatic rings. The van der Waals surface area contributed by atoms with E-state index in [1.165, 1.54) is 5.56 Å². The highest BCUT2D eigenvalue weighted by atomic mass is 16.7. The SMILES string of the molecule is COc1cccc(C(=O)N2CCC(c3ccc4c(c3)OCO4)C2)c1. The molecule has 2 aromatic rings. The molecule has 1 unspecified atom stereocenters. The zero-order valence-corrected chi connectivity index (χ0v) is 13.5. The van der Waals surface area contributed by atoms with Crippen LogP contribution in [0.2, 0.25) is 0 Å². The summed E-state index contributed by atoms with van der Waals surface area (Å²) in [6, 6.07) is 13.4. The van der Waals surface area contributed by atoms with Crippen LogP contribution in [0.5, 0.6) is 17.2 Å². The number of ether oxygens (including phenoxy) is 3. The summed E-state index contributed by atoms with van der Waals surface area (Å²) in [6.07, 6.45) is 0.954. The number of hydrogen-bond donors (Lipinski definition) is 0.